The van der Waals surface area contributed by atoms with E-state index in [1.807, 2.05) is 6.07 Å². The van der Waals surface area contributed by atoms with Gasteiger partial charge in [0, 0.05) is 12.6 Å². The molecule has 2 N–H and O–H groups in total. The van der Waals surface area contributed by atoms with Crippen LogP contribution in [-0.4, -0.2) is 22.6 Å². The molecule has 1 aliphatic rings. The van der Waals surface area contributed by atoms with Gasteiger partial charge in [0.15, 0.2) is 11.0 Å². The molecule has 0 atom stereocenters. The third-order valence-electron chi connectivity index (χ3n) is 2.56. The van der Waals surface area contributed by atoms with E-state index in [0.717, 1.165) is 19.4 Å². The first-order valence-electron chi connectivity index (χ1n) is 6.08. The van der Waals surface area contributed by atoms with Crippen molar-refractivity contribution < 1.29 is 0 Å². The van der Waals surface area contributed by atoms with E-state index in [-0.39, 0.29) is 5.15 Å². The van der Waals surface area contributed by atoms with Crippen LogP contribution in [0.4, 0.5) is 11.8 Å². The Morgan fingerprint density at radius 1 is 1.44 bits per heavy atom. The predicted molar refractivity (Wildman–Crippen MR) is 71.7 cm³/mol. The molecule has 0 aromatic carbocycles. The van der Waals surface area contributed by atoms with Crippen LogP contribution in [0.3, 0.4) is 0 Å². The highest BCUT2D eigenvalue weighted by Gasteiger charge is 2.24. The summed E-state index contributed by atoms with van der Waals surface area (Å²) in [4.78, 5) is 8.40. The zero-order valence-corrected chi connectivity index (χ0v) is 11.3. The second kappa shape index (κ2) is 5.40. The lowest BCUT2D eigenvalue weighted by atomic mass is 10.2. The molecule has 5 nitrogen and oxygen atoms in total. The van der Waals surface area contributed by atoms with Gasteiger partial charge in [-0.25, -0.2) is 0 Å². The number of aromatic nitrogens is 2. The fourth-order valence-electron chi connectivity index (χ4n) is 1.43. The fourth-order valence-corrected chi connectivity index (χ4v) is 1.64. The molecule has 0 radical (unpaired) electrons. The molecule has 1 fully saturated rings. The average molecular weight is 266 g/mol. The molecule has 2 rings (SSSR count). The van der Waals surface area contributed by atoms with E-state index < -0.39 is 0 Å². The largest absolute Gasteiger partial charge is 0.366 e. The van der Waals surface area contributed by atoms with Crippen LogP contribution >= 0.6 is 11.6 Å². The molecule has 0 aliphatic heterocycles. The molecule has 1 aromatic rings. The zero-order valence-electron chi connectivity index (χ0n) is 10.5. The molecule has 0 bridgehead atoms. The Bertz CT molecular complexity index is 476. The number of anilines is 2. The maximum Gasteiger partial charge on any atom is 0.226 e. The fraction of sp³-hybridized carbons (Fsp3) is 0.583. The van der Waals surface area contributed by atoms with Crippen molar-refractivity contribution in [2.45, 2.75) is 32.7 Å². The Balaban J connectivity index is 2.21. The maximum atomic E-state index is 9.07. The highest BCUT2D eigenvalue weighted by Crippen LogP contribution is 2.28. The molecular weight excluding hydrogens is 250 g/mol. The summed E-state index contributed by atoms with van der Waals surface area (Å²) in [6.07, 6.45) is 2.22. The monoisotopic (exact) mass is 265 g/mol. The van der Waals surface area contributed by atoms with E-state index in [4.69, 9.17) is 16.9 Å². The molecule has 96 valence electrons. The number of hydrogen-bond acceptors (Lipinski definition) is 5. The first-order chi connectivity index (χ1) is 8.60. The van der Waals surface area contributed by atoms with Crippen LogP contribution in [0, 0.1) is 17.2 Å². The minimum atomic E-state index is 0.196. The summed E-state index contributed by atoms with van der Waals surface area (Å²) in [6.45, 7) is 4.97. The van der Waals surface area contributed by atoms with Crippen molar-refractivity contribution in [3.63, 3.8) is 0 Å². The molecule has 0 amide bonds. The zero-order chi connectivity index (χ0) is 13.1. The first kappa shape index (κ1) is 12.9. The van der Waals surface area contributed by atoms with Crippen molar-refractivity contribution in [3.8, 4) is 6.07 Å². The third-order valence-corrected chi connectivity index (χ3v) is 2.84. The van der Waals surface area contributed by atoms with Crippen LogP contribution in [0.2, 0.25) is 5.15 Å². The third kappa shape index (κ3) is 3.23. The Hall–Kier alpha value is -1.54. The number of nitrogens with zero attached hydrogens (tertiary/aromatic N) is 3. The minimum Gasteiger partial charge on any atom is -0.366 e. The van der Waals surface area contributed by atoms with E-state index in [2.05, 4.69) is 34.4 Å². The van der Waals surface area contributed by atoms with Gasteiger partial charge >= 0.3 is 0 Å². The topological polar surface area (TPSA) is 73.6 Å². The van der Waals surface area contributed by atoms with E-state index in [1.165, 1.54) is 0 Å². The smallest absolute Gasteiger partial charge is 0.226 e. The second-order valence-corrected chi connectivity index (χ2v) is 5.22. The van der Waals surface area contributed by atoms with Gasteiger partial charge in [-0.05, 0) is 18.8 Å². The summed E-state index contributed by atoms with van der Waals surface area (Å²) in [6, 6.07) is 2.46. The second-order valence-electron chi connectivity index (χ2n) is 4.87. The quantitative estimate of drug-likeness (QED) is 0.801. The first-order valence-corrected chi connectivity index (χ1v) is 6.46. The maximum absolute atomic E-state index is 9.07. The van der Waals surface area contributed by atoms with Crippen LogP contribution in [0.1, 0.15) is 32.3 Å². The van der Waals surface area contributed by atoms with E-state index in [1.54, 1.807) is 0 Å². The van der Waals surface area contributed by atoms with Gasteiger partial charge in [0.2, 0.25) is 5.95 Å². The van der Waals surface area contributed by atoms with Crippen molar-refractivity contribution >= 4 is 23.4 Å². The minimum absolute atomic E-state index is 0.196. The number of rotatable bonds is 5. The van der Waals surface area contributed by atoms with Crippen molar-refractivity contribution in [1.82, 2.24) is 9.97 Å². The van der Waals surface area contributed by atoms with Crippen molar-refractivity contribution in [2.75, 3.05) is 17.2 Å². The number of hydrogen-bond donors (Lipinski definition) is 2. The molecule has 1 saturated carbocycles. The standard InChI is InChI=1S/C12H16ClN5/c1-7(2)6-15-12-17-10(13)9(5-14)11(18-12)16-8-3-4-8/h7-8H,3-4,6H2,1-2H3,(H2,15,16,17,18). The average Bonchev–Trinajstić information content (AvgIpc) is 3.10. The van der Waals surface area contributed by atoms with Crippen LogP contribution in [0.25, 0.3) is 0 Å². The summed E-state index contributed by atoms with van der Waals surface area (Å²) < 4.78 is 0. The molecule has 1 heterocycles. The number of halogens is 1. The Labute approximate surface area is 112 Å². The Morgan fingerprint density at radius 3 is 2.72 bits per heavy atom. The van der Waals surface area contributed by atoms with Gasteiger partial charge in [-0.1, -0.05) is 25.4 Å². The number of nitriles is 1. The lowest BCUT2D eigenvalue weighted by molar-refractivity contribution is 0.684. The molecule has 6 heteroatoms. The van der Waals surface area contributed by atoms with Gasteiger partial charge in [-0.3, -0.25) is 0 Å². The SMILES string of the molecule is CC(C)CNc1nc(Cl)c(C#N)c(NC2CC2)n1. The van der Waals surface area contributed by atoms with E-state index >= 15 is 0 Å². The predicted octanol–water partition coefficient (Wildman–Crippen LogP) is 2.64. The van der Waals surface area contributed by atoms with Crippen molar-refractivity contribution in [1.29, 1.82) is 5.26 Å². The van der Waals surface area contributed by atoms with Gasteiger partial charge in [0.1, 0.15) is 11.6 Å². The van der Waals surface area contributed by atoms with Gasteiger partial charge in [0.25, 0.3) is 0 Å². The van der Waals surface area contributed by atoms with Gasteiger partial charge < -0.3 is 10.6 Å². The summed E-state index contributed by atoms with van der Waals surface area (Å²) in [7, 11) is 0. The molecule has 0 unspecified atom stereocenters. The van der Waals surface area contributed by atoms with Gasteiger partial charge in [-0.2, -0.15) is 15.2 Å². The van der Waals surface area contributed by atoms with Crippen molar-refractivity contribution in [2.24, 2.45) is 5.92 Å². The summed E-state index contributed by atoms with van der Waals surface area (Å²) in [5.74, 6) is 1.49. The Morgan fingerprint density at radius 2 is 2.17 bits per heavy atom. The van der Waals surface area contributed by atoms with Crippen LogP contribution < -0.4 is 10.6 Å². The Kier molecular flexibility index (Phi) is 3.87. The number of nitrogens with one attached hydrogen (secondary N) is 2. The van der Waals surface area contributed by atoms with E-state index in [9.17, 15) is 0 Å². The highest BCUT2D eigenvalue weighted by molar-refractivity contribution is 6.31. The van der Waals surface area contributed by atoms with Crippen molar-refractivity contribution in [3.05, 3.63) is 10.7 Å². The molecule has 0 saturated heterocycles. The van der Waals surface area contributed by atoms with E-state index in [0.29, 0.717) is 29.3 Å². The van der Waals surface area contributed by atoms with Crippen LogP contribution in [0.15, 0.2) is 0 Å². The highest BCUT2D eigenvalue weighted by atomic mass is 35.5. The molecule has 1 aliphatic carbocycles. The lowest BCUT2D eigenvalue weighted by Crippen LogP contribution is -2.13. The summed E-state index contributed by atoms with van der Waals surface area (Å²) in [5, 5.41) is 15.6. The summed E-state index contributed by atoms with van der Waals surface area (Å²) >= 11 is 6.00. The summed E-state index contributed by atoms with van der Waals surface area (Å²) in [5.41, 5.74) is 0.318. The van der Waals surface area contributed by atoms with Gasteiger partial charge in [0.05, 0.1) is 0 Å². The van der Waals surface area contributed by atoms with Crippen LogP contribution in [-0.2, 0) is 0 Å². The van der Waals surface area contributed by atoms with Crippen LogP contribution in [0.5, 0.6) is 0 Å². The lowest BCUT2D eigenvalue weighted by Gasteiger charge is -2.11. The van der Waals surface area contributed by atoms with Gasteiger partial charge in [-0.15, -0.1) is 0 Å². The molecule has 18 heavy (non-hydrogen) atoms. The molecule has 0 spiro atoms. The molecular formula is C12H16ClN5. The normalized spacial score (nSPS) is 14.4. The molecule has 1 aromatic heterocycles.